The van der Waals surface area contributed by atoms with E-state index in [1.54, 1.807) is 18.2 Å². The van der Waals surface area contributed by atoms with Crippen LogP contribution < -0.4 is 20.1 Å². The number of carbonyl (C=O) groups excluding carboxylic acids is 3. The number of urea groups is 1. The van der Waals surface area contributed by atoms with Crippen LogP contribution in [0, 0.1) is 5.92 Å². The lowest BCUT2D eigenvalue weighted by Crippen LogP contribution is -2.48. The zero-order valence-electron chi connectivity index (χ0n) is 15.9. The van der Waals surface area contributed by atoms with Crippen LogP contribution in [0.25, 0.3) is 0 Å². The van der Waals surface area contributed by atoms with Crippen LogP contribution in [0.4, 0.5) is 4.79 Å². The summed E-state index contributed by atoms with van der Waals surface area (Å²) in [5.74, 6) is -0.582. The molecule has 1 aromatic carbocycles. The first-order valence-corrected chi connectivity index (χ1v) is 8.94. The maximum Gasteiger partial charge on any atom is 0.346 e. The molecular weight excluding hydrogens is 352 g/mol. The first-order valence-electron chi connectivity index (χ1n) is 8.94. The number of hydrogen-bond acceptors (Lipinski definition) is 6. The molecule has 1 fully saturated rings. The fraction of sp³-hybridized carbons (Fsp3) is 0.526. The third kappa shape index (κ3) is 5.60. The van der Waals surface area contributed by atoms with Crippen LogP contribution in [0.2, 0.25) is 0 Å². The number of carbonyl (C=O) groups is 3. The Balaban J connectivity index is 1.86. The molecule has 0 radical (unpaired) electrons. The summed E-state index contributed by atoms with van der Waals surface area (Å²) in [6.45, 7) is 1.49. The second kappa shape index (κ2) is 9.80. The van der Waals surface area contributed by atoms with E-state index in [4.69, 9.17) is 14.2 Å². The zero-order valence-corrected chi connectivity index (χ0v) is 15.9. The van der Waals surface area contributed by atoms with E-state index in [1.807, 2.05) is 0 Å². The summed E-state index contributed by atoms with van der Waals surface area (Å²) in [6, 6.07) is 4.30. The van der Waals surface area contributed by atoms with E-state index in [-0.39, 0.29) is 23.1 Å². The molecule has 1 aliphatic carbocycles. The number of amides is 3. The molecule has 2 N–H and O–H groups in total. The van der Waals surface area contributed by atoms with Gasteiger partial charge in [-0.15, -0.1) is 0 Å². The van der Waals surface area contributed by atoms with Gasteiger partial charge in [-0.1, -0.05) is 25.8 Å². The second-order valence-corrected chi connectivity index (χ2v) is 6.50. The number of methoxy groups -OCH3 is 2. The predicted octanol–water partition coefficient (Wildman–Crippen LogP) is 2.27. The SMILES string of the molecule is COc1cccc(OC)c1C(=O)OCC(=O)NC(=O)N[C@H]1CCCC[C@H]1C. The Morgan fingerprint density at radius 2 is 1.70 bits per heavy atom. The minimum atomic E-state index is -0.777. The third-order valence-electron chi connectivity index (χ3n) is 4.65. The quantitative estimate of drug-likeness (QED) is 0.736. The number of hydrogen-bond donors (Lipinski definition) is 2. The number of imide groups is 1. The molecule has 148 valence electrons. The Morgan fingerprint density at radius 3 is 2.30 bits per heavy atom. The first kappa shape index (κ1) is 20.5. The van der Waals surface area contributed by atoms with Crippen molar-refractivity contribution in [3.8, 4) is 11.5 Å². The van der Waals surface area contributed by atoms with Crippen molar-refractivity contribution in [3.63, 3.8) is 0 Å². The molecule has 2 atom stereocenters. The van der Waals surface area contributed by atoms with Crippen LogP contribution in [0.3, 0.4) is 0 Å². The lowest BCUT2D eigenvalue weighted by molar-refractivity contribution is -0.123. The zero-order chi connectivity index (χ0) is 19.8. The topological polar surface area (TPSA) is 103 Å². The molecule has 0 spiro atoms. The first-order chi connectivity index (χ1) is 13.0. The van der Waals surface area contributed by atoms with Crippen LogP contribution in [0.15, 0.2) is 18.2 Å². The Morgan fingerprint density at radius 1 is 1.07 bits per heavy atom. The predicted molar refractivity (Wildman–Crippen MR) is 97.9 cm³/mol. The number of benzene rings is 1. The van der Waals surface area contributed by atoms with Gasteiger partial charge in [-0.05, 0) is 30.9 Å². The van der Waals surface area contributed by atoms with Crippen molar-refractivity contribution in [3.05, 3.63) is 23.8 Å². The normalized spacial score (nSPS) is 18.9. The van der Waals surface area contributed by atoms with Gasteiger partial charge < -0.3 is 19.5 Å². The average Bonchev–Trinajstić information content (AvgIpc) is 2.67. The van der Waals surface area contributed by atoms with Crippen LogP contribution in [0.5, 0.6) is 11.5 Å². The molecule has 0 aromatic heterocycles. The average molecular weight is 378 g/mol. The van der Waals surface area contributed by atoms with Crippen molar-refractivity contribution in [2.45, 2.75) is 38.6 Å². The number of ether oxygens (including phenoxy) is 3. The third-order valence-corrected chi connectivity index (χ3v) is 4.65. The summed E-state index contributed by atoms with van der Waals surface area (Å²) in [7, 11) is 2.82. The maximum absolute atomic E-state index is 12.3. The van der Waals surface area contributed by atoms with E-state index < -0.39 is 24.5 Å². The fourth-order valence-electron chi connectivity index (χ4n) is 3.15. The summed E-state index contributed by atoms with van der Waals surface area (Å²) >= 11 is 0. The van der Waals surface area contributed by atoms with Crippen LogP contribution in [-0.2, 0) is 9.53 Å². The molecule has 1 aromatic rings. The van der Waals surface area contributed by atoms with Crippen molar-refractivity contribution < 1.29 is 28.6 Å². The van der Waals surface area contributed by atoms with Gasteiger partial charge in [-0.2, -0.15) is 0 Å². The van der Waals surface area contributed by atoms with Crippen molar-refractivity contribution >= 4 is 17.9 Å². The highest BCUT2D eigenvalue weighted by Crippen LogP contribution is 2.28. The minimum absolute atomic E-state index is 0.0481. The lowest BCUT2D eigenvalue weighted by Gasteiger charge is -2.29. The van der Waals surface area contributed by atoms with Gasteiger partial charge in [0.1, 0.15) is 17.1 Å². The van der Waals surface area contributed by atoms with E-state index in [2.05, 4.69) is 17.6 Å². The molecule has 0 bridgehead atoms. The summed E-state index contributed by atoms with van der Waals surface area (Å²) < 4.78 is 15.3. The monoisotopic (exact) mass is 378 g/mol. The molecule has 0 unspecified atom stereocenters. The van der Waals surface area contributed by atoms with Crippen LogP contribution in [0.1, 0.15) is 43.0 Å². The van der Waals surface area contributed by atoms with Gasteiger partial charge in [-0.25, -0.2) is 9.59 Å². The second-order valence-electron chi connectivity index (χ2n) is 6.50. The van der Waals surface area contributed by atoms with Gasteiger partial charge in [0.25, 0.3) is 5.91 Å². The lowest BCUT2D eigenvalue weighted by atomic mass is 9.86. The molecule has 8 nitrogen and oxygen atoms in total. The van der Waals surface area contributed by atoms with E-state index in [0.29, 0.717) is 5.92 Å². The molecule has 3 amide bonds. The molecule has 0 aliphatic heterocycles. The standard InChI is InChI=1S/C19H26N2O6/c1-12-7-4-5-8-13(12)20-19(24)21-16(22)11-27-18(23)17-14(25-2)9-6-10-15(17)26-3/h6,9-10,12-13H,4-5,7-8,11H2,1-3H3,(H2,20,21,22,24)/t12-,13+/m1/s1. The Labute approximate surface area is 158 Å². The van der Waals surface area contributed by atoms with Crippen molar-refractivity contribution in [2.75, 3.05) is 20.8 Å². The van der Waals surface area contributed by atoms with Gasteiger partial charge in [-0.3, -0.25) is 10.1 Å². The highest BCUT2D eigenvalue weighted by Gasteiger charge is 2.24. The Kier molecular flexibility index (Phi) is 7.45. The number of nitrogens with one attached hydrogen (secondary N) is 2. The van der Waals surface area contributed by atoms with Gasteiger partial charge in [0.2, 0.25) is 0 Å². The Bertz CT molecular complexity index is 669. The van der Waals surface area contributed by atoms with E-state index >= 15 is 0 Å². The number of esters is 1. The summed E-state index contributed by atoms with van der Waals surface area (Å²) in [6.07, 6.45) is 4.16. The van der Waals surface area contributed by atoms with Crippen molar-refractivity contribution in [2.24, 2.45) is 5.92 Å². The van der Waals surface area contributed by atoms with Crippen LogP contribution in [-0.4, -0.2) is 44.8 Å². The maximum atomic E-state index is 12.3. The number of rotatable bonds is 6. The van der Waals surface area contributed by atoms with E-state index in [0.717, 1.165) is 25.7 Å². The van der Waals surface area contributed by atoms with Gasteiger partial charge in [0.05, 0.1) is 14.2 Å². The van der Waals surface area contributed by atoms with Crippen molar-refractivity contribution in [1.82, 2.24) is 10.6 Å². The highest BCUT2D eigenvalue weighted by molar-refractivity contribution is 5.99. The summed E-state index contributed by atoms with van der Waals surface area (Å²) in [5.41, 5.74) is 0.0794. The Hall–Kier alpha value is -2.77. The summed E-state index contributed by atoms with van der Waals surface area (Å²) in [4.78, 5) is 36.2. The molecule has 1 aliphatic rings. The van der Waals surface area contributed by atoms with E-state index in [9.17, 15) is 14.4 Å². The smallest absolute Gasteiger partial charge is 0.346 e. The molecule has 0 heterocycles. The van der Waals surface area contributed by atoms with Gasteiger partial charge in [0.15, 0.2) is 6.61 Å². The van der Waals surface area contributed by atoms with Gasteiger partial charge in [0, 0.05) is 6.04 Å². The molecule has 1 saturated carbocycles. The molecule has 0 saturated heterocycles. The highest BCUT2D eigenvalue weighted by atomic mass is 16.5. The van der Waals surface area contributed by atoms with Gasteiger partial charge >= 0.3 is 12.0 Å². The molecule has 2 rings (SSSR count). The molecule has 27 heavy (non-hydrogen) atoms. The van der Waals surface area contributed by atoms with Crippen LogP contribution >= 0.6 is 0 Å². The molecular formula is C19H26N2O6. The van der Waals surface area contributed by atoms with Crippen molar-refractivity contribution in [1.29, 1.82) is 0 Å². The van der Waals surface area contributed by atoms with E-state index in [1.165, 1.54) is 14.2 Å². The summed E-state index contributed by atoms with van der Waals surface area (Å²) in [5, 5.41) is 4.99. The molecule has 8 heteroatoms. The largest absolute Gasteiger partial charge is 0.496 e. The minimum Gasteiger partial charge on any atom is -0.496 e. The fourth-order valence-corrected chi connectivity index (χ4v) is 3.15.